The van der Waals surface area contributed by atoms with Gasteiger partial charge in [-0.05, 0) is 26.7 Å². The highest BCUT2D eigenvalue weighted by molar-refractivity contribution is 5.73. The van der Waals surface area contributed by atoms with E-state index in [0.717, 1.165) is 25.9 Å². The Balaban J connectivity index is 2.26. The highest BCUT2D eigenvalue weighted by Gasteiger charge is 2.21. The number of hydrogen-bond acceptors (Lipinski definition) is 2. The Hall–Kier alpha value is -0.570. The number of ether oxygens (including phenoxy) is 1. The molecule has 3 heteroatoms. The standard InChI is InChI=1S/C10H19NO2/c1-8(2)13-10-4-6-11(7-5-10)9(3)12/h8,10H,4-7H2,1-3H3. The molecule has 0 bridgehead atoms. The molecule has 0 aromatic heterocycles. The van der Waals surface area contributed by atoms with Crippen LogP contribution >= 0.6 is 0 Å². The Morgan fingerprint density at radius 3 is 2.31 bits per heavy atom. The maximum absolute atomic E-state index is 11.0. The monoisotopic (exact) mass is 185 g/mol. The zero-order valence-electron chi connectivity index (χ0n) is 8.75. The first-order valence-electron chi connectivity index (χ1n) is 5.00. The first-order chi connectivity index (χ1) is 6.09. The van der Waals surface area contributed by atoms with E-state index in [1.807, 2.05) is 4.90 Å². The zero-order chi connectivity index (χ0) is 9.84. The molecule has 1 saturated heterocycles. The second kappa shape index (κ2) is 4.61. The Bertz CT molecular complexity index is 172. The lowest BCUT2D eigenvalue weighted by molar-refractivity contribution is -0.131. The van der Waals surface area contributed by atoms with E-state index < -0.39 is 0 Å². The third kappa shape index (κ3) is 3.35. The summed E-state index contributed by atoms with van der Waals surface area (Å²) in [7, 11) is 0. The maximum Gasteiger partial charge on any atom is 0.219 e. The largest absolute Gasteiger partial charge is 0.375 e. The average Bonchev–Trinajstić information content (AvgIpc) is 2.04. The van der Waals surface area contributed by atoms with Crippen LogP contribution in [0.5, 0.6) is 0 Å². The van der Waals surface area contributed by atoms with Crippen LogP contribution in [0.15, 0.2) is 0 Å². The fourth-order valence-electron chi connectivity index (χ4n) is 1.69. The highest BCUT2D eigenvalue weighted by Crippen LogP contribution is 2.15. The third-order valence-electron chi connectivity index (χ3n) is 2.35. The van der Waals surface area contributed by atoms with Crippen molar-refractivity contribution in [3.63, 3.8) is 0 Å². The Labute approximate surface area is 80.1 Å². The van der Waals surface area contributed by atoms with Crippen LogP contribution in [0, 0.1) is 0 Å². The predicted molar refractivity (Wildman–Crippen MR) is 51.5 cm³/mol. The van der Waals surface area contributed by atoms with Gasteiger partial charge in [0.1, 0.15) is 0 Å². The molecule has 76 valence electrons. The number of hydrogen-bond donors (Lipinski definition) is 0. The minimum atomic E-state index is 0.183. The van der Waals surface area contributed by atoms with E-state index in [-0.39, 0.29) is 5.91 Å². The first kappa shape index (κ1) is 10.5. The second-order valence-corrected chi connectivity index (χ2v) is 3.89. The Morgan fingerprint density at radius 2 is 1.92 bits per heavy atom. The summed E-state index contributed by atoms with van der Waals surface area (Å²) in [6.07, 6.45) is 2.62. The normalized spacial score (nSPS) is 19.5. The summed E-state index contributed by atoms with van der Waals surface area (Å²) in [6.45, 7) is 7.44. The molecule has 0 unspecified atom stereocenters. The van der Waals surface area contributed by atoms with Gasteiger partial charge in [-0.25, -0.2) is 0 Å². The van der Waals surface area contributed by atoms with E-state index in [0.29, 0.717) is 12.2 Å². The van der Waals surface area contributed by atoms with Crippen molar-refractivity contribution in [1.82, 2.24) is 4.90 Å². The number of likely N-dealkylation sites (tertiary alicyclic amines) is 1. The third-order valence-corrected chi connectivity index (χ3v) is 2.35. The molecule has 1 aliphatic rings. The molecule has 1 amide bonds. The minimum absolute atomic E-state index is 0.183. The fraction of sp³-hybridized carbons (Fsp3) is 0.900. The second-order valence-electron chi connectivity index (χ2n) is 3.89. The Kier molecular flexibility index (Phi) is 3.72. The zero-order valence-corrected chi connectivity index (χ0v) is 8.75. The molecule has 0 radical (unpaired) electrons. The molecule has 1 heterocycles. The van der Waals surface area contributed by atoms with Crippen LogP contribution in [-0.4, -0.2) is 36.1 Å². The molecule has 0 atom stereocenters. The highest BCUT2D eigenvalue weighted by atomic mass is 16.5. The number of piperidine rings is 1. The summed E-state index contributed by atoms with van der Waals surface area (Å²) in [4.78, 5) is 12.9. The van der Waals surface area contributed by atoms with E-state index in [1.165, 1.54) is 0 Å². The van der Waals surface area contributed by atoms with Crippen molar-refractivity contribution in [1.29, 1.82) is 0 Å². The van der Waals surface area contributed by atoms with Crippen LogP contribution < -0.4 is 0 Å². The number of carbonyl (C=O) groups excluding carboxylic acids is 1. The molecule has 1 aliphatic heterocycles. The van der Waals surface area contributed by atoms with Crippen LogP contribution in [0.3, 0.4) is 0 Å². The summed E-state index contributed by atoms with van der Waals surface area (Å²) in [6, 6.07) is 0. The number of nitrogens with zero attached hydrogens (tertiary/aromatic N) is 1. The van der Waals surface area contributed by atoms with Crippen molar-refractivity contribution in [3.05, 3.63) is 0 Å². The van der Waals surface area contributed by atoms with Gasteiger partial charge in [-0.1, -0.05) is 0 Å². The fourth-order valence-corrected chi connectivity index (χ4v) is 1.69. The van der Waals surface area contributed by atoms with Crippen molar-refractivity contribution in [2.45, 2.75) is 45.8 Å². The quantitative estimate of drug-likeness (QED) is 0.651. The number of carbonyl (C=O) groups is 1. The van der Waals surface area contributed by atoms with Gasteiger partial charge in [-0.2, -0.15) is 0 Å². The predicted octanol–water partition coefficient (Wildman–Crippen LogP) is 1.42. The van der Waals surface area contributed by atoms with E-state index >= 15 is 0 Å². The molecule has 1 rings (SSSR count). The van der Waals surface area contributed by atoms with Crippen molar-refractivity contribution < 1.29 is 9.53 Å². The lowest BCUT2D eigenvalue weighted by Gasteiger charge is -2.32. The van der Waals surface area contributed by atoms with Crippen molar-refractivity contribution >= 4 is 5.91 Å². The molecule has 0 saturated carbocycles. The van der Waals surface area contributed by atoms with Gasteiger partial charge in [-0.15, -0.1) is 0 Å². The molecular weight excluding hydrogens is 166 g/mol. The van der Waals surface area contributed by atoms with Crippen LogP contribution in [0.4, 0.5) is 0 Å². The van der Waals surface area contributed by atoms with Crippen LogP contribution in [0.1, 0.15) is 33.6 Å². The van der Waals surface area contributed by atoms with Gasteiger partial charge in [0, 0.05) is 20.0 Å². The molecule has 13 heavy (non-hydrogen) atoms. The minimum Gasteiger partial charge on any atom is -0.375 e. The molecule has 3 nitrogen and oxygen atoms in total. The number of rotatable bonds is 2. The molecule has 1 fully saturated rings. The van der Waals surface area contributed by atoms with Gasteiger partial charge in [-0.3, -0.25) is 4.79 Å². The summed E-state index contributed by atoms with van der Waals surface area (Å²) >= 11 is 0. The Morgan fingerprint density at radius 1 is 1.38 bits per heavy atom. The van der Waals surface area contributed by atoms with Gasteiger partial charge >= 0.3 is 0 Å². The van der Waals surface area contributed by atoms with Gasteiger partial charge < -0.3 is 9.64 Å². The van der Waals surface area contributed by atoms with Crippen LogP contribution in [0.25, 0.3) is 0 Å². The van der Waals surface area contributed by atoms with Crippen molar-refractivity contribution in [3.8, 4) is 0 Å². The average molecular weight is 185 g/mol. The molecule has 0 aromatic rings. The molecule has 0 spiro atoms. The first-order valence-corrected chi connectivity index (χ1v) is 5.00. The van der Waals surface area contributed by atoms with Gasteiger partial charge in [0.15, 0.2) is 0 Å². The lowest BCUT2D eigenvalue weighted by atomic mass is 10.1. The summed E-state index contributed by atoms with van der Waals surface area (Å²) in [5.41, 5.74) is 0. The van der Waals surface area contributed by atoms with Gasteiger partial charge in [0.2, 0.25) is 5.91 Å². The van der Waals surface area contributed by atoms with Crippen LogP contribution in [0.2, 0.25) is 0 Å². The van der Waals surface area contributed by atoms with Crippen LogP contribution in [-0.2, 0) is 9.53 Å². The number of amides is 1. The molecule has 0 aliphatic carbocycles. The van der Waals surface area contributed by atoms with E-state index in [1.54, 1.807) is 6.92 Å². The van der Waals surface area contributed by atoms with Crippen molar-refractivity contribution in [2.24, 2.45) is 0 Å². The van der Waals surface area contributed by atoms with E-state index in [2.05, 4.69) is 13.8 Å². The summed E-state index contributed by atoms with van der Waals surface area (Å²) in [5.74, 6) is 0.183. The molecule has 0 aromatic carbocycles. The van der Waals surface area contributed by atoms with Gasteiger partial charge in [0.05, 0.1) is 12.2 Å². The van der Waals surface area contributed by atoms with Crippen molar-refractivity contribution in [2.75, 3.05) is 13.1 Å². The molecule has 0 N–H and O–H groups in total. The SMILES string of the molecule is CC(=O)N1CCC(OC(C)C)CC1. The topological polar surface area (TPSA) is 29.5 Å². The smallest absolute Gasteiger partial charge is 0.219 e. The van der Waals surface area contributed by atoms with E-state index in [9.17, 15) is 4.79 Å². The lowest BCUT2D eigenvalue weighted by Crippen LogP contribution is -2.40. The summed E-state index contributed by atoms with van der Waals surface area (Å²) in [5, 5.41) is 0. The van der Waals surface area contributed by atoms with Gasteiger partial charge in [0.25, 0.3) is 0 Å². The summed E-state index contributed by atoms with van der Waals surface area (Å²) < 4.78 is 5.68. The molecular formula is C10H19NO2. The van der Waals surface area contributed by atoms with E-state index in [4.69, 9.17) is 4.74 Å². The maximum atomic E-state index is 11.0.